The molecule has 0 aromatic rings. The highest BCUT2D eigenvalue weighted by molar-refractivity contribution is 5.68. The van der Waals surface area contributed by atoms with Crippen LogP contribution in [-0.4, -0.2) is 30.3 Å². The third kappa shape index (κ3) is 5.37. The number of hydrogen-bond donors (Lipinski definition) is 2. The van der Waals surface area contributed by atoms with E-state index in [9.17, 15) is 4.79 Å². The number of carbonyl (C=O) groups excluding carboxylic acids is 1. The molecule has 1 atom stereocenters. The van der Waals surface area contributed by atoms with Gasteiger partial charge in [-0.25, -0.2) is 4.79 Å². The third-order valence-corrected chi connectivity index (χ3v) is 2.79. The van der Waals surface area contributed by atoms with Crippen LogP contribution in [0.2, 0.25) is 0 Å². The molecule has 0 heterocycles. The van der Waals surface area contributed by atoms with Gasteiger partial charge in [0.25, 0.3) is 0 Å². The smallest absolute Gasteiger partial charge is 0.407 e. The molecule has 0 spiro atoms. The second kappa shape index (κ2) is 6.05. The van der Waals surface area contributed by atoms with Gasteiger partial charge in [0.15, 0.2) is 0 Å². The van der Waals surface area contributed by atoms with Gasteiger partial charge in [-0.05, 0) is 40.5 Å². The van der Waals surface area contributed by atoms with E-state index in [2.05, 4.69) is 16.7 Å². The molecule has 0 bridgehead atoms. The van der Waals surface area contributed by atoms with E-state index in [1.165, 1.54) is 0 Å². The molecular weight excluding hydrogens is 230 g/mol. The van der Waals surface area contributed by atoms with Gasteiger partial charge in [0.05, 0.1) is 12.0 Å². The highest BCUT2D eigenvalue weighted by Gasteiger charge is 2.31. The van der Waals surface area contributed by atoms with Crippen molar-refractivity contribution in [2.45, 2.75) is 58.2 Å². The Morgan fingerprint density at radius 1 is 1.44 bits per heavy atom. The zero-order valence-electron chi connectivity index (χ0n) is 11.6. The van der Waals surface area contributed by atoms with Gasteiger partial charge >= 0.3 is 6.09 Å². The summed E-state index contributed by atoms with van der Waals surface area (Å²) in [5.41, 5.74) is -0.451. The molecule has 1 fully saturated rings. The maximum Gasteiger partial charge on any atom is 0.407 e. The van der Waals surface area contributed by atoms with Crippen molar-refractivity contribution in [1.82, 2.24) is 10.6 Å². The van der Waals surface area contributed by atoms with Crippen molar-refractivity contribution in [3.63, 3.8) is 0 Å². The summed E-state index contributed by atoms with van der Waals surface area (Å²) in [7, 11) is 0. The number of hydrogen-bond acceptors (Lipinski definition) is 4. The van der Waals surface area contributed by atoms with Gasteiger partial charge in [0.1, 0.15) is 5.60 Å². The van der Waals surface area contributed by atoms with E-state index in [1.54, 1.807) is 0 Å². The molecule has 0 saturated heterocycles. The van der Waals surface area contributed by atoms with Crippen LogP contribution in [0.5, 0.6) is 0 Å². The molecule has 1 rings (SSSR count). The summed E-state index contributed by atoms with van der Waals surface area (Å²) in [5.74, 6) is 0.0304. The molecule has 1 unspecified atom stereocenters. The van der Waals surface area contributed by atoms with E-state index >= 15 is 0 Å². The molecule has 1 saturated carbocycles. The van der Waals surface area contributed by atoms with E-state index in [0.717, 1.165) is 12.8 Å². The molecule has 1 aliphatic carbocycles. The van der Waals surface area contributed by atoms with Crippen molar-refractivity contribution < 1.29 is 9.53 Å². The Morgan fingerprint density at radius 3 is 2.56 bits per heavy atom. The number of amides is 1. The molecule has 2 N–H and O–H groups in total. The summed E-state index contributed by atoms with van der Waals surface area (Å²) < 4.78 is 5.18. The van der Waals surface area contributed by atoms with Gasteiger partial charge in [-0.1, -0.05) is 0 Å². The summed E-state index contributed by atoms with van der Waals surface area (Å²) in [4.78, 5) is 11.5. The lowest BCUT2D eigenvalue weighted by Crippen LogP contribution is -2.53. The number of ether oxygens (including phenoxy) is 1. The minimum Gasteiger partial charge on any atom is -0.444 e. The van der Waals surface area contributed by atoms with Crippen LogP contribution in [0, 0.1) is 17.2 Å². The summed E-state index contributed by atoms with van der Waals surface area (Å²) in [6, 6.07) is 2.78. The first kappa shape index (κ1) is 14.8. The molecule has 0 radical (unpaired) electrons. The molecule has 18 heavy (non-hydrogen) atoms. The van der Waals surface area contributed by atoms with Crippen LogP contribution in [-0.2, 0) is 4.74 Å². The molecule has 1 aliphatic rings. The van der Waals surface area contributed by atoms with E-state index < -0.39 is 5.60 Å². The SMILES string of the molecule is CC(C#N)CNC1CC(NC(=O)OC(C)(C)C)C1. The Kier molecular flexibility index (Phi) is 4.97. The summed E-state index contributed by atoms with van der Waals surface area (Å²) in [6.07, 6.45) is 1.45. The minimum absolute atomic E-state index is 0.0304. The van der Waals surface area contributed by atoms with E-state index in [1.807, 2.05) is 27.7 Å². The average molecular weight is 253 g/mol. The van der Waals surface area contributed by atoms with Crippen molar-refractivity contribution >= 4 is 6.09 Å². The normalized spacial score (nSPS) is 24.6. The number of carbonyl (C=O) groups is 1. The van der Waals surface area contributed by atoms with Crippen molar-refractivity contribution in [1.29, 1.82) is 5.26 Å². The van der Waals surface area contributed by atoms with Crippen LogP contribution in [0.4, 0.5) is 4.79 Å². The first-order chi connectivity index (χ1) is 8.30. The Bertz CT molecular complexity index is 324. The second-order valence-corrected chi connectivity index (χ2v) is 5.95. The van der Waals surface area contributed by atoms with Gasteiger partial charge in [-0.3, -0.25) is 0 Å². The highest BCUT2D eigenvalue weighted by atomic mass is 16.6. The fourth-order valence-electron chi connectivity index (χ4n) is 1.77. The maximum absolute atomic E-state index is 11.5. The predicted octanol–water partition coefficient (Wildman–Crippen LogP) is 1.79. The van der Waals surface area contributed by atoms with Gasteiger partial charge < -0.3 is 15.4 Å². The van der Waals surface area contributed by atoms with Crippen molar-refractivity contribution in [3.05, 3.63) is 0 Å². The molecule has 102 valence electrons. The van der Waals surface area contributed by atoms with Crippen LogP contribution >= 0.6 is 0 Å². The van der Waals surface area contributed by atoms with Crippen molar-refractivity contribution in [2.75, 3.05) is 6.54 Å². The van der Waals surface area contributed by atoms with Crippen molar-refractivity contribution in [2.24, 2.45) is 5.92 Å². The van der Waals surface area contributed by atoms with E-state index in [0.29, 0.717) is 12.6 Å². The Balaban J connectivity index is 2.12. The zero-order valence-corrected chi connectivity index (χ0v) is 11.6. The topological polar surface area (TPSA) is 74.2 Å². The lowest BCUT2D eigenvalue weighted by Gasteiger charge is -2.37. The number of rotatable bonds is 4. The fourth-order valence-corrected chi connectivity index (χ4v) is 1.77. The monoisotopic (exact) mass is 253 g/mol. The average Bonchev–Trinajstić information content (AvgIpc) is 2.17. The lowest BCUT2D eigenvalue weighted by atomic mass is 9.86. The second-order valence-electron chi connectivity index (χ2n) is 5.95. The molecular formula is C13H23N3O2. The summed E-state index contributed by atoms with van der Waals surface area (Å²) in [6.45, 7) is 8.14. The number of alkyl carbamates (subject to hydrolysis) is 1. The van der Waals surface area contributed by atoms with Crippen LogP contribution in [0.1, 0.15) is 40.5 Å². The van der Waals surface area contributed by atoms with Gasteiger partial charge in [0, 0.05) is 18.6 Å². The van der Waals surface area contributed by atoms with Crippen LogP contribution < -0.4 is 10.6 Å². The Labute approximate surface area is 109 Å². The number of nitrogens with one attached hydrogen (secondary N) is 2. The first-order valence-corrected chi connectivity index (χ1v) is 6.42. The Hall–Kier alpha value is -1.28. The first-order valence-electron chi connectivity index (χ1n) is 6.42. The fraction of sp³-hybridized carbons (Fsp3) is 0.846. The summed E-state index contributed by atoms with van der Waals surface area (Å²) in [5, 5.41) is 14.8. The van der Waals surface area contributed by atoms with Gasteiger partial charge in [0.2, 0.25) is 0 Å². The van der Waals surface area contributed by atoms with Crippen molar-refractivity contribution in [3.8, 4) is 6.07 Å². The molecule has 0 aromatic carbocycles. The predicted molar refractivity (Wildman–Crippen MR) is 69.0 cm³/mol. The highest BCUT2D eigenvalue weighted by Crippen LogP contribution is 2.20. The maximum atomic E-state index is 11.5. The standard InChI is InChI=1S/C13H23N3O2/c1-9(7-14)8-15-10-5-11(6-10)16-12(17)18-13(2,3)4/h9-11,15H,5-6,8H2,1-4H3,(H,16,17). The van der Waals surface area contributed by atoms with Gasteiger partial charge in [-0.2, -0.15) is 5.26 Å². The summed E-state index contributed by atoms with van der Waals surface area (Å²) >= 11 is 0. The Morgan fingerprint density at radius 2 is 2.06 bits per heavy atom. The van der Waals surface area contributed by atoms with Gasteiger partial charge in [-0.15, -0.1) is 0 Å². The molecule has 0 aliphatic heterocycles. The van der Waals surface area contributed by atoms with Crippen LogP contribution in [0.25, 0.3) is 0 Å². The minimum atomic E-state index is -0.451. The van der Waals surface area contributed by atoms with Crippen LogP contribution in [0.15, 0.2) is 0 Å². The lowest BCUT2D eigenvalue weighted by molar-refractivity contribution is 0.0465. The molecule has 1 amide bonds. The molecule has 5 heteroatoms. The molecule has 0 aromatic heterocycles. The molecule has 5 nitrogen and oxygen atoms in total. The zero-order chi connectivity index (χ0) is 13.8. The third-order valence-electron chi connectivity index (χ3n) is 2.79. The van der Waals surface area contributed by atoms with E-state index in [-0.39, 0.29) is 18.1 Å². The van der Waals surface area contributed by atoms with Crippen LogP contribution in [0.3, 0.4) is 0 Å². The quantitative estimate of drug-likeness (QED) is 0.801. The largest absolute Gasteiger partial charge is 0.444 e. The number of nitriles is 1. The van der Waals surface area contributed by atoms with E-state index in [4.69, 9.17) is 10.00 Å². The number of nitrogens with zero attached hydrogens (tertiary/aromatic N) is 1.